The van der Waals surface area contributed by atoms with E-state index in [1.165, 1.54) is 0 Å². The van der Waals surface area contributed by atoms with Crippen molar-refractivity contribution in [2.75, 3.05) is 11.9 Å². The molecule has 0 saturated carbocycles. The second-order valence-electron chi connectivity index (χ2n) is 3.88. The Balaban J connectivity index is 2.04. The van der Waals surface area contributed by atoms with E-state index in [0.29, 0.717) is 12.2 Å². The van der Waals surface area contributed by atoms with Crippen molar-refractivity contribution in [1.29, 1.82) is 0 Å². The number of carbonyl (C=O) groups excluding carboxylic acids is 2. The van der Waals surface area contributed by atoms with Gasteiger partial charge in [-0.1, -0.05) is 6.92 Å². The quantitative estimate of drug-likeness (QED) is 0.707. The molecule has 0 spiro atoms. The van der Waals surface area contributed by atoms with Crippen LogP contribution in [0.15, 0.2) is 24.4 Å². The number of nitrogens with one attached hydrogen (secondary N) is 3. The van der Waals surface area contributed by atoms with Crippen LogP contribution in [0.2, 0.25) is 0 Å². The highest BCUT2D eigenvalue weighted by Crippen LogP contribution is 2.16. The molecule has 0 aliphatic heterocycles. The minimum atomic E-state index is -0.665. The van der Waals surface area contributed by atoms with E-state index < -0.39 is 11.8 Å². The molecule has 0 aliphatic rings. The molecule has 1 aromatic carbocycles. The average molecular weight is 246 g/mol. The molecule has 2 amide bonds. The Morgan fingerprint density at radius 1 is 1.33 bits per heavy atom. The maximum Gasteiger partial charge on any atom is 0.313 e. The maximum atomic E-state index is 11.5. The fourth-order valence-electron chi connectivity index (χ4n) is 1.52. The molecule has 1 heterocycles. The number of hydrogen-bond acceptors (Lipinski definition) is 3. The third-order valence-corrected chi connectivity index (χ3v) is 2.44. The minimum absolute atomic E-state index is 0.492. The second-order valence-corrected chi connectivity index (χ2v) is 3.88. The summed E-state index contributed by atoms with van der Waals surface area (Å²) in [6, 6.07) is 5.27. The van der Waals surface area contributed by atoms with Crippen molar-refractivity contribution < 1.29 is 9.59 Å². The third kappa shape index (κ3) is 2.65. The highest BCUT2D eigenvalue weighted by Gasteiger charge is 2.12. The van der Waals surface area contributed by atoms with E-state index in [0.717, 1.165) is 17.3 Å². The lowest BCUT2D eigenvalue weighted by Gasteiger charge is -2.05. The Morgan fingerprint density at radius 3 is 2.94 bits per heavy atom. The zero-order valence-electron chi connectivity index (χ0n) is 9.99. The summed E-state index contributed by atoms with van der Waals surface area (Å²) in [5.74, 6) is -1.29. The highest BCUT2D eigenvalue weighted by atomic mass is 16.2. The Kier molecular flexibility index (Phi) is 3.57. The van der Waals surface area contributed by atoms with Crippen LogP contribution in [0.1, 0.15) is 13.3 Å². The predicted octanol–water partition coefficient (Wildman–Crippen LogP) is 1.03. The Hall–Kier alpha value is -2.37. The van der Waals surface area contributed by atoms with Crippen LogP contribution in [0.4, 0.5) is 5.69 Å². The van der Waals surface area contributed by atoms with E-state index in [-0.39, 0.29) is 0 Å². The molecule has 0 bridgehead atoms. The number of aromatic nitrogens is 2. The van der Waals surface area contributed by atoms with Crippen LogP contribution >= 0.6 is 0 Å². The molecule has 0 aliphatic carbocycles. The monoisotopic (exact) mass is 246 g/mol. The lowest BCUT2D eigenvalue weighted by Crippen LogP contribution is -2.35. The van der Waals surface area contributed by atoms with Gasteiger partial charge in [0.2, 0.25) is 0 Å². The summed E-state index contributed by atoms with van der Waals surface area (Å²) in [7, 11) is 0. The summed E-state index contributed by atoms with van der Waals surface area (Å²) in [5.41, 5.74) is 1.37. The zero-order valence-corrected chi connectivity index (χ0v) is 9.99. The Labute approximate surface area is 104 Å². The number of aromatic amines is 1. The topological polar surface area (TPSA) is 86.9 Å². The number of carbonyl (C=O) groups is 2. The van der Waals surface area contributed by atoms with Crippen LogP contribution in [0.25, 0.3) is 10.9 Å². The van der Waals surface area contributed by atoms with Gasteiger partial charge >= 0.3 is 11.8 Å². The zero-order chi connectivity index (χ0) is 13.0. The van der Waals surface area contributed by atoms with E-state index >= 15 is 0 Å². The largest absolute Gasteiger partial charge is 0.348 e. The molecule has 1 aromatic heterocycles. The molecular formula is C12H14N4O2. The van der Waals surface area contributed by atoms with Crippen molar-refractivity contribution >= 4 is 28.4 Å². The number of benzene rings is 1. The van der Waals surface area contributed by atoms with Gasteiger partial charge in [-0.15, -0.1) is 0 Å². The lowest BCUT2D eigenvalue weighted by molar-refractivity contribution is -0.136. The van der Waals surface area contributed by atoms with Crippen molar-refractivity contribution in [1.82, 2.24) is 15.5 Å². The number of hydrogen-bond donors (Lipinski definition) is 3. The molecule has 6 nitrogen and oxygen atoms in total. The smallest absolute Gasteiger partial charge is 0.313 e. The summed E-state index contributed by atoms with van der Waals surface area (Å²) in [6.07, 6.45) is 2.48. The molecule has 0 unspecified atom stereocenters. The van der Waals surface area contributed by atoms with Gasteiger partial charge in [0, 0.05) is 17.6 Å². The molecule has 18 heavy (non-hydrogen) atoms. The van der Waals surface area contributed by atoms with Gasteiger partial charge in [0.15, 0.2) is 0 Å². The third-order valence-electron chi connectivity index (χ3n) is 2.44. The number of anilines is 1. The van der Waals surface area contributed by atoms with Crippen LogP contribution in [0, 0.1) is 0 Å². The average Bonchev–Trinajstić information content (AvgIpc) is 2.83. The molecular weight excluding hydrogens is 232 g/mol. The van der Waals surface area contributed by atoms with Crippen molar-refractivity contribution in [3.05, 3.63) is 24.4 Å². The molecule has 0 radical (unpaired) electrons. The standard InChI is InChI=1S/C12H14N4O2/c1-2-5-13-11(17)12(18)15-9-4-3-8-7-14-16-10(8)6-9/h3-4,6-7H,2,5H2,1H3,(H,13,17)(H,14,16)(H,15,18). The van der Waals surface area contributed by atoms with Crippen molar-refractivity contribution in [2.24, 2.45) is 0 Å². The van der Waals surface area contributed by atoms with Crippen LogP contribution in [0.5, 0.6) is 0 Å². The molecule has 2 aromatic rings. The van der Waals surface area contributed by atoms with Gasteiger partial charge in [0.25, 0.3) is 0 Å². The van der Waals surface area contributed by atoms with Crippen LogP contribution in [-0.4, -0.2) is 28.6 Å². The summed E-state index contributed by atoms with van der Waals surface area (Å²) in [4.78, 5) is 22.9. The maximum absolute atomic E-state index is 11.5. The number of nitrogens with zero attached hydrogens (tertiary/aromatic N) is 1. The number of H-pyrrole nitrogens is 1. The number of rotatable bonds is 3. The molecule has 6 heteroatoms. The first kappa shape index (κ1) is 12.1. The van der Waals surface area contributed by atoms with Crippen molar-refractivity contribution in [3.63, 3.8) is 0 Å². The van der Waals surface area contributed by atoms with Gasteiger partial charge in [-0.05, 0) is 24.6 Å². The first-order valence-corrected chi connectivity index (χ1v) is 5.73. The fraction of sp³-hybridized carbons (Fsp3) is 0.250. The predicted molar refractivity (Wildman–Crippen MR) is 68.0 cm³/mol. The van der Waals surface area contributed by atoms with Gasteiger partial charge in [0.1, 0.15) is 0 Å². The van der Waals surface area contributed by atoms with Gasteiger partial charge in [-0.25, -0.2) is 0 Å². The van der Waals surface area contributed by atoms with Crippen LogP contribution in [-0.2, 0) is 9.59 Å². The van der Waals surface area contributed by atoms with Crippen LogP contribution in [0.3, 0.4) is 0 Å². The first-order chi connectivity index (χ1) is 8.70. The van der Waals surface area contributed by atoms with E-state index in [2.05, 4.69) is 20.8 Å². The van der Waals surface area contributed by atoms with Gasteiger partial charge in [-0.3, -0.25) is 14.7 Å². The second kappa shape index (κ2) is 5.31. The normalized spacial score (nSPS) is 10.3. The Morgan fingerprint density at radius 2 is 2.17 bits per heavy atom. The summed E-state index contributed by atoms with van der Waals surface area (Å²) < 4.78 is 0. The molecule has 94 valence electrons. The molecule has 0 fully saturated rings. The van der Waals surface area contributed by atoms with Gasteiger partial charge in [-0.2, -0.15) is 5.10 Å². The molecule has 2 rings (SSSR count). The van der Waals surface area contributed by atoms with E-state index in [4.69, 9.17) is 0 Å². The minimum Gasteiger partial charge on any atom is -0.348 e. The fourth-order valence-corrected chi connectivity index (χ4v) is 1.52. The van der Waals surface area contributed by atoms with Gasteiger partial charge in [0.05, 0.1) is 11.7 Å². The van der Waals surface area contributed by atoms with E-state index in [9.17, 15) is 9.59 Å². The first-order valence-electron chi connectivity index (χ1n) is 5.73. The van der Waals surface area contributed by atoms with Crippen molar-refractivity contribution in [3.8, 4) is 0 Å². The summed E-state index contributed by atoms with van der Waals surface area (Å²) in [6.45, 7) is 2.41. The molecule has 0 atom stereocenters. The molecule has 0 saturated heterocycles. The molecule has 3 N–H and O–H groups in total. The van der Waals surface area contributed by atoms with Crippen LogP contribution < -0.4 is 10.6 Å². The summed E-state index contributed by atoms with van der Waals surface area (Å²) >= 11 is 0. The SMILES string of the molecule is CCCNC(=O)C(=O)Nc1ccc2cn[nH]c2c1. The summed E-state index contributed by atoms with van der Waals surface area (Å²) in [5, 5.41) is 12.7. The van der Waals surface area contributed by atoms with Crippen molar-refractivity contribution in [2.45, 2.75) is 13.3 Å². The number of amides is 2. The number of fused-ring (bicyclic) bond motifs is 1. The Bertz CT molecular complexity index is 576. The van der Waals surface area contributed by atoms with E-state index in [1.807, 2.05) is 13.0 Å². The lowest BCUT2D eigenvalue weighted by atomic mass is 10.2. The van der Waals surface area contributed by atoms with E-state index in [1.54, 1.807) is 18.3 Å². The highest BCUT2D eigenvalue weighted by molar-refractivity contribution is 6.39. The van der Waals surface area contributed by atoms with Gasteiger partial charge < -0.3 is 10.6 Å².